The van der Waals surface area contributed by atoms with Crippen LogP contribution in [0.2, 0.25) is 0 Å². The van der Waals surface area contributed by atoms with E-state index in [1.165, 1.54) is 12.4 Å². The van der Waals surface area contributed by atoms with Crippen LogP contribution in [-0.2, 0) is 11.3 Å². The van der Waals surface area contributed by atoms with E-state index in [-0.39, 0.29) is 18.0 Å². The van der Waals surface area contributed by atoms with Crippen LogP contribution in [-0.4, -0.2) is 25.7 Å². The second kappa shape index (κ2) is 7.17. The van der Waals surface area contributed by atoms with Crippen molar-refractivity contribution in [2.24, 2.45) is 0 Å². The first-order valence-corrected chi connectivity index (χ1v) is 8.33. The highest BCUT2D eigenvalue weighted by atomic mass is 16.2. The summed E-state index contributed by atoms with van der Waals surface area (Å²) < 4.78 is 1.14. The minimum Gasteiger partial charge on any atom is -0.322 e. The molecule has 0 bridgehead atoms. The molecule has 2 heterocycles. The zero-order valence-electron chi connectivity index (χ0n) is 14.2. The molecule has 0 aliphatic rings. The van der Waals surface area contributed by atoms with E-state index in [2.05, 4.69) is 20.4 Å². The van der Waals surface area contributed by atoms with Crippen LogP contribution in [0.4, 0.5) is 5.69 Å². The second-order valence-corrected chi connectivity index (χ2v) is 5.90. The molecule has 132 valence electrons. The monoisotopic (exact) mass is 357 g/mol. The van der Waals surface area contributed by atoms with E-state index in [1.807, 2.05) is 36.4 Å². The molecule has 0 unspecified atom stereocenters. The van der Waals surface area contributed by atoms with Crippen molar-refractivity contribution in [3.05, 3.63) is 83.5 Å². The molecule has 27 heavy (non-hydrogen) atoms. The Hall–Kier alpha value is -3.87. The van der Waals surface area contributed by atoms with Crippen molar-refractivity contribution < 1.29 is 4.79 Å². The molecule has 0 aliphatic carbocycles. The van der Waals surface area contributed by atoms with Crippen LogP contribution >= 0.6 is 0 Å². The lowest BCUT2D eigenvalue weighted by atomic mass is 10.2. The zero-order valence-corrected chi connectivity index (χ0v) is 14.2. The molecule has 4 rings (SSSR count). The van der Waals surface area contributed by atoms with Gasteiger partial charge in [-0.1, -0.05) is 48.5 Å². The first kappa shape index (κ1) is 16.6. The highest BCUT2D eigenvalue weighted by molar-refractivity contribution is 5.90. The van der Waals surface area contributed by atoms with Gasteiger partial charge in [0.1, 0.15) is 6.54 Å². The fraction of sp³-hybridized carbons (Fsp3) is 0.0500. The van der Waals surface area contributed by atoms with Gasteiger partial charge in [-0.15, -0.1) is 0 Å². The SMILES string of the molecule is O=C(Cn1ncc2ccccc2c1=O)Nc1cnc(-c2ccccc2)nc1. The predicted octanol–water partition coefficient (Wildman–Crippen LogP) is 2.49. The fourth-order valence-electron chi connectivity index (χ4n) is 2.71. The Labute approximate surface area is 154 Å². The van der Waals surface area contributed by atoms with Gasteiger partial charge in [-0.05, 0) is 6.07 Å². The number of benzene rings is 2. The van der Waals surface area contributed by atoms with Crippen LogP contribution in [0.5, 0.6) is 0 Å². The van der Waals surface area contributed by atoms with Crippen molar-refractivity contribution in [1.29, 1.82) is 0 Å². The molecule has 7 heteroatoms. The van der Waals surface area contributed by atoms with Crippen molar-refractivity contribution in [2.45, 2.75) is 6.54 Å². The number of aromatic nitrogens is 4. The van der Waals surface area contributed by atoms with Crippen LogP contribution < -0.4 is 10.9 Å². The molecular weight excluding hydrogens is 342 g/mol. The topological polar surface area (TPSA) is 89.8 Å². The number of carbonyl (C=O) groups excluding carboxylic acids is 1. The highest BCUT2D eigenvalue weighted by Crippen LogP contribution is 2.14. The number of hydrogen-bond donors (Lipinski definition) is 1. The Morgan fingerprint density at radius 3 is 2.41 bits per heavy atom. The summed E-state index contributed by atoms with van der Waals surface area (Å²) >= 11 is 0. The van der Waals surface area contributed by atoms with Gasteiger partial charge in [-0.3, -0.25) is 9.59 Å². The van der Waals surface area contributed by atoms with E-state index in [0.29, 0.717) is 16.9 Å². The van der Waals surface area contributed by atoms with E-state index in [9.17, 15) is 9.59 Å². The predicted molar refractivity (Wildman–Crippen MR) is 102 cm³/mol. The van der Waals surface area contributed by atoms with Crippen molar-refractivity contribution in [3.8, 4) is 11.4 Å². The standard InChI is InChI=1S/C20H15N5O2/c26-18(13-25-20(27)17-9-5-4-8-15(17)10-23-25)24-16-11-21-19(22-12-16)14-6-2-1-3-7-14/h1-12H,13H2,(H,24,26). The first-order valence-electron chi connectivity index (χ1n) is 8.33. The number of carbonyl (C=O) groups is 1. The Morgan fingerprint density at radius 1 is 0.926 bits per heavy atom. The summed E-state index contributed by atoms with van der Waals surface area (Å²) in [5, 5.41) is 8.00. The maximum absolute atomic E-state index is 12.4. The van der Waals surface area contributed by atoms with Gasteiger partial charge in [0.15, 0.2) is 5.82 Å². The van der Waals surface area contributed by atoms with Crippen molar-refractivity contribution in [1.82, 2.24) is 19.7 Å². The molecule has 0 atom stereocenters. The number of nitrogens with zero attached hydrogens (tertiary/aromatic N) is 4. The smallest absolute Gasteiger partial charge is 0.275 e. The maximum Gasteiger partial charge on any atom is 0.275 e. The van der Waals surface area contributed by atoms with Gasteiger partial charge in [0, 0.05) is 10.9 Å². The van der Waals surface area contributed by atoms with Crippen LogP contribution in [0.1, 0.15) is 0 Å². The zero-order chi connectivity index (χ0) is 18.6. The molecule has 1 N–H and O–H groups in total. The van der Waals surface area contributed by atoms with Crippen molar-refractivity contribution in [3.63, 3.8) is 0 Å². The van der Waals surface area contributed by atoms with E-state index in [0.717, 1.165) is 15.6 Å². The van der Waals surface area contributed by atoms with E-state index in [1.54, 1.807) is 24.4 Å². The molecule has 0 saturated heterocycles. The molecule has 0 fully saturated rings. The van der Waals surface area contributed by atoms with Gasteiger partial charge in [-0.25, -0.2) is 14.6 Å². The van der Waals surface area contributed by atoms with Crippen LogP contribution in [0.15, 0.2) is 78.0 Å². The van der Waals surface area contributed by atoms with Gasteiger partial charge in [-0.2, -0.15) is 5.10 Å². The second-order valence-electron chi connectivity index (χ2n) is 5.90. The molecule has 2 aromatic carbocycles. The Morgan fingerprint density at radius 2 is 1.63 bits per heavy atom. The van der Waals surface area contributed by atoms with Gasteiger partial charge < -0.3 is 5.32 Å². The number of nitrogens with one attached hydrogen (secondary N) is 1. The maximum atomic E-state index is 12.4. The summed E-state index contributed by atoms with van der Waals surface area (Å²) in [6.07, 6.45) is 4.63. The third-order valence-electron chi connectivity index (χ3n) is 4.02. The third kappa shape index (κ3) is 3.57. The summed E-state index contributed by atoms with van der Waals surface area (Å²) in [5.41, 5.74) is 1.04. The molecule has 0 spiro atoms. The molecule has 0 aliphatic heterocycles. The van der Waals surface area contributed by atoms with Gasteiger partial charge in [0.05, 0.1) is 29.7 Å². The molecular formula is C20H15N5O2. The van der Waals surface area contributed by atoms with Crippen molar-refractivity contribution in [2.75, 3.05) is 5.32 Å². The lowest BCUT2D eigenvalue weighted by Gasteiger charge is -2.07. The quantitative estimate of drug-likeness (QED) is 0.606. The third-order valence-corrected chi connectivity index (χ3v) is 4.02. The largest absolute Gasteiger partial charge is 0.322 e. The molecule has 4 aromatic rings. The number of amides is 1. The Bertz CT molecular complexity index is 1150. The summed E-state index contributed by atoms with van der Waals surface area (Å²) in [4.78, 5) is 33.2. The van der Waals surface area contributed by atoms with E-state index >= 15 is 0 Å². The lowest BCUT2D eigenvalue weighted by Crippen LogP contribution is -2.29. The summed E-state index contributed by atoms with van der Waals surface area (Å²) in [6.45, 7) is -0.190. The van der Waals surface area contributed by atoms with Crippen molar-refractivity contribution >= 4 is 22.4 Å². The van der Waals surface area contributed by atoms with E-state index in [4.69, 9.17) is 0 Å². The Kier molecular flexibility index (Phi) is 4.40. The highest BCUT2D eigenvalue weighted by Gasteiger charge is 2.09. The lowest BCUT2D eigenvalue weighted by molar-refractivity contribution is -0.117. The number of anilines is 1. The molecule has 0 saturated carbocycles. The van der Waals surface area contributed by atoms with Crippen LogP contribution in [0.3, 0.4) is 0 Å². The number of rotatable bonds is 4. The first-order chi connectivity index (χ1) is 13.2. The molecule has 7 nitrogen and oxygen atoms in total. The fourth-order valence-corrected chi connectivity index (χ4v) is 2.71. The Balaban J connectivity index is 1.48. The average molecular weight is 357 g/mol. The molecule has 0 radical (unpaired) electrons. The number of fused-ring (bicyclic) bond motifs is 1. The average Bonchev–Trinajstić information content (AvgIpc) is 2.71. The van der Waals surface area contributed by atoms with Gasteiger partial charge in [0.25, 0.3) is 5.56 Å². The van der Waals surface area contributed by atoms with Gasteiger partial charge >= 0.3 is 0 Å². The van der Waals surface area contributed by atoms with Crippen LogP contribution in [0.25, 0.3) is 22.2 Å². The minimum atomic E-state index is -0.379. The van der Waals surface area contributed by atoms with E-state index < -0.39 is 0 Å². The summed E-state index contributed by atoms with van der Waals surface area (Å²) in [5.74, 6) is 0.192. The van der Waals surface area contributed by atoms with Gasteiger partial charge in [0.2, 0.25) is 5.91 Å². The van der Waals surface area contributed by atoms with Crippen LogP contribution in [0, 0.1) is 0 Å². The minimum absolute atomic E-state index is 0.190. The summed E-state index contributed by atoms with van der Waals surface area (Å²) in [6, 6.07) is 16.7. The summed E-state index contributed by atoms with van der Waals surface area (Å²) in [7, 11) is 0. The normalized spacial score (nSPS) is 10.7. The molecule has 1 amide bonds. The number of hydrogen-bond acceptors (Lipinski definition) is 5. The molecule has 2 aromatic heterocycles.